The highest BCUT2D eigenvalue weighted by molar-refractivity contribution is 4.99. The number of nitrogens with zero attached hydrogens (tertiary/aromatic N) is 2. The van der Waals surface area contributed by atoms with Crippen LogP contribution in [0.15, 0.2) is 12.4 Å². The molecule has 0 amide bonds. The van der Waals surface area contributed by atoms with E-state index >= 15 is 0 Å². The highest BCUT2D eigenvalue weighted by atomic mass is 14.8. The van der Waals surface area contributed by atoms with Gasteiger partial charge in [0.25, 0.3) is 0 Å². The van der Waals surface area contributed by atoms with Gasteiger partial charge in [0, 0.05) is 6.20 Å². The van der Waals surface area contributed by atoms with Crippen molar-refractivity contribution in [2.75, 3.05) is 0 Å². The number of hydrogen-bond donors (Lipinski definition) is 0. The Hall–Kier alpha value is -0.960. The van der Waals surface area contributed by atoms with Crippen LogP contribution in [-0.4, -0.2) is 9.97 Å². The second kappa shape index (κ2) is 2.55. The SMILES string of the molecule is Cc1cnc(C[NH])cn1. The molecule has 0 aliphatic rings. The fraction of sp³-hybridized carbons (Fsp3) is 0.333. The average molecular weight is 122 g/mol. The minimum absolute atomic E-state index is 0.216. The number of aromatic nitrogens is 2. The van der Waals surface area contributed by atoms with Gasteiger partial charge in [-0.1, -0.05) is 0 Å². The summed E-state index contributed by atoms with van der Waals surface area (Å²) in [6.45, 7) is 2.09. The van der Waals surface area contributed by atoms with Gasteiger partial charge >= 0.3 is 0 Å². The first kappa shape index (κ1) is 6.16. The molecule has 1 rings (SSSR count). The molecule has 1 radical (unpaired) electrons. The van der Waals surface area contributed by atoms with Crippen molar-refractivity contribution in [2.24, 2.45) is 0 Å². The summed E-state index contributed by atoms with van der Waals surface area (Å²) < 4.78 is 0. The van der Waals surface area contributed by atoms with Crippen molar-refractivity contribution >= 4 is 0 Å². The molecule has 1 N–H and O–H groups in total. The summed E-state index contributed by atoms with van der Waals surface area (Å²) >= 11 is 0. The molecular formula is C6H8N3. The van der Waals surface area contributed by atoms with Crippen LogP contribution in [-0.2, 0) is 6.54 Å². The van der Waals surface area contributed by atoms with Gasteiger partial charge in [0.1, 0.15) is 0 Å². The predicted molar refractivity (Wildman–Crippen MR) is 33.6 cm³/mol. The number of rotatable bonds is 1. The maximum absolute atomic E-state index is 6.91. The van der Waals surface area contributed by atoms with Crippen LogP contribution in [0.25, 0.3) is 0 Å². The summed E-state index contributed by atoms with van der Waals surface area (Å²) in [5, 5.41) is 0. The van der Waals surface area contributed by atoms with E-state index < -0.39 is 0 Å². The Morgan fingerprint density at radius 2 is 2.22 bits per heavy atom. The third kappa shape index (κ3) is 1.47. The molecule has 3 heteroatoms. The van der Waals surface area contributed by atoms with Gasteiger partial charge in [-0.25, -0.2) is 0 Å². The van der Waals surface area contributed by atoms with Crippen LogP contribution < -0.4 is 5.73 Å². The second-order valence-electron chi connectivity index (χ2n) is 1.83. The van der Waals surface area contributed by atoms with Crippen molar-refractivity contribution < 1.29 is 0 Å². The zero-order chi connectivity index (χ0) is 6.69. The van der Waals surface area contributed by atoms with E-state index in [1.807, 2.05) is 6.92 Å². The second-order valence-corrected chi connectivity index (χ2v) is 1.83. The minimum atomic E-state index is 0.216. The minimum Gasteiger partial charge on any atom is -0.258 e. The molecule has 1 aromatic rings. The lowest BCUT2D eigenvalue weighted by Crippen LogP contribution is -1.92. The van der Waals surface area contributed by atoms with Gasteiger partial charge < -0.3 is 0 Å². The van der Waals surface area contributed by atoms with Gasteiger partial charge in [-0.3, -0.25) is 15.7 Å². The van der Waals surface area contributed by atoms with Gasteiger partial charge in [-0.15, -0.1) is 0 Å². The molecule has 0 saturated heterocycles. The fourth-order valence-electron chi connectivity index (χ4n) is 0.511. The van der Waals surface area contributed by atoms with Crippen molar-refractivity contribution in [3.8, 4) is 0 Å². The lowest BCUT2D eigenvalue weighted by molar-refractivity contribution is 0.924. The molecule has 47 valence electrons. The van der Waals surface area contributed by atoms with Crippen molar-refractivity contribution in [2.45, 2.75) is 13.5 Å². The van der Waals surface area contributed by atoms with Crippen LogP contribution in [0.1, 0.15) is 11.4 Å². The van der Waals surface area contributed by atoms with Crippen LogP contribution in [0, 0.1) is 6.92 Å². The van der Waals surface area contributed by atoms with Crippen LogP contribution in [0.2, 0.25) is 0 Å². The van der Waals surface area contributed by atoms with E-state index in [-0.39, 0.29) is 6.54 Å². The van der Waals surface area contributed by atoms with E-state index in [4.69, 9.17) is 5.73 Å². The topological polar surface area (TPSA) is 49.6 Å². The molecule has 1 aromatic heterocycles. The van der Waals surface area contributed by atoms with E-state index in [1.165, 1.54) is 0 Å². The van der Waals surface area contributed by atoms with Crippen LogP contribution in [0.3, 0.4) is 0 Å². The highest BCUT2D eigenvalue weighted by Gasteiger charge is 1.88. The summed E-state index contributed by atoms with van der Waals surface area (Å²) in [4.78, 5) is 7.91. The Bertz CT molecular complexity index is 180. The molecule has 0 aliphatic heterocycles. The Labute approximate surface area is 53.9 Å². The zero-order valence-corrected chi connectivity index (χ0v) is 5.26. The Balaban J connectivity index is 2.88. The molecule has 0 aliphatic carbocycles. The van der Waals surface area contributed by atoms with Crippen molar-refractivity contribution in [3.63, 3.8) is 0 Å². The van der Waals surface area contributed by atoms with E-state index in [0.717, 1.165) is 11.4 Å². The third-order valence-corrected chi connectivity index (χ3v) is 1.02. The molecule has 0 bridgehead atoms. The Morgan fingerprint density at radius 3 is 2.67 bits per heavy atom. The summed E-state index contributed by atoms with van der Waals surface area (Å²) in [5.74, 6) is 0. The summed E-state index contributed by atoms with van der Waals surface area (Å²) in [6, 6.07) is 0. The highest BCUT2D eigenvalue weighted by Crippen LogP contribution is 1.91. The predicted octanol–water partition coefficient (Wildman–Crippen LogP) is 0.568. The first-order chi connectivity index (χ1) is 4.33. The number of hydrogen-bond acceptors (Lipinski definition) is 2. The molecule has 9 heavy (non-hydrogen) atoms. The normalized spacial score (nSPS) is 9.56. The molecule has 0 aromatic carbocycles. The third-order valence-electron chi connectivity index (χ3n) is 1.02. The number of nitrogens with one attached hydrogen (secondary N) is 1. The molecule has 0 unspecified atom stereocenters. The van der Waals surface area contributed by atoms with E-state index in [1.54, 1.807) is 12.4 Å². The standard InChI is InChI=1S/C6H8N3/c1-5-3-9-6(2-7)4-8-5/h3-4,7H,2H2,1H3. The van der Waals surface area contributed by atoms with Crippen molar-refractivity contribution in [3.05, 3.63) is 23.8 Å². The summed E-state index contributed by atoms with van der Waals surface area (Å²) in [7, 11) is 0. The lowest BCUT2D eigenvalue weighted by atomic mass is 10.4. The monoisotopic (exact) mass is 122 g/mol. The molecule has 0 atom stereocenters. The van der Waals surface area contributed by atoms with E-state index in [9.17, 15) is 0 Å². The molecule has 0 spiro atoms. The van der Waals surface area contributed by atoms with Crippen molar-refractivity contribution in [1.29, 1.82) is 0 Å². The first-order valence-corrected chi connectivity index (χ1v) is 2.75. The fourth-order valence-corrected chi connectivity index (χ4v) is 0.511. The maximum atomic E-state index is 6.91. The quantitative estimate of drug-likeness (QED) is 0.546. The van der Waals surface area contributed by atoms with Gasteiger partial charge in [-0.2, -0.15) is 0 Å². The summed E-state index contributed by atoms with van der Waals surface area (Å²) in [6.07, 6.45) is 3.30. The number of aryl methyl sites for hydroxylation is 1. The van der Waals surface area contributed by atoms with Crippen LogP contribution >= 0.6 is 0 Å². The lowest BCUT2D eigenvalue weighted by Gasteiger charge is -1.92. The zero-order valence-electron chi connectivity index (χ0n) is 5.26. The maximum Gasteiger partial charge on any atom is 0.0738 e. The Morgan fingerprint density at radius 1 is 1.44 bits per heavy atom. The van der Waals surface area contributed by atoms with Gasteiger partial charge in [-0.05, 0) is 6.92 Å². The first-order valence-electron chi connectivity index (χ1n) is 2.75. The Kier molecular flexibility index (Phi) is 1.75. The smallest absolute Gasteiger partial charge is 0.0738 e. The van der Waals surface area contributed by atoms with Gasteiger partial charge in [0.15, 0.2) is 0 Å². The molecule has 3 nitrogen and oxygen atoms in total. The van der Waals surface area contributed by atoms with Crippen molar-refractivity contribution in [1.82, 2.24) is 15.7 Å². The van der Waals surface area contributed by atoms with Gasteiger partial charge in [0.05, 0.1) is 24.1 Å². The molecular weight excluding hydrogens is 114 g/mol. The molecule has 0 fully saturated rings. The van der Waals surface area contributed by atoms with Crippen LogP contribution in [0.4, 0.5) is 0 Å². The van der Waals surface area contributed by atoms with E-state index in [0.29, 0.717) is 0 Å². The average Bonchev–Trinajstić information content (AvgIpc) is 1.90. The molecule has 1 heterocycles. The largest absolute Gasteiger partial charge is 0.258 e. The summed E-state index contributed by atoms with van der Waals surface area (Å²) in [5.41, 5.74) is 8.53. The van der Waals surface area contributed by atoms with Gasteiger partial charge in [0.2, 0.25) is 0 Å². The van der Waals surface area contributed by atoms with Crippen LogP contribution in [0.5, 0.6) is 0 Å². The van der Waals surface area contributed by atoms with E-state index in [2.05, 4.69) is 9.97 Å². The molecule has 0 saturated carbocycles.